The molecule has 114 valence electrons. The number of methoxy groups -OCH3 is 1. The van der Waals surface area contributed by atoms with Gasteiger partial charge in [0.1, 0.15) is 5.75 Å². The fraction of sp³-hybridized carbons (Fsp3) is 0.125. The van der Waals surface area contributed by atoms with Crippen molar-refractivity contribution >= 4 is 33.2 Å². The molecular formula is C16H16BrN3O2. The Bertz CT molecular complexity index is 712. The number of carbonyl (C=O) groups excluding carboxylic acids is 1. The number of carbonyl (C=O) groups is 1. The minimum absolute atomic E-state index is 0.293. The highest BCUT2D eigenvalue weighted by Crippen LogP contribution is 2.25. The number of anilines is 1. The van der Waals surface area contributed by atoms with Gasteiger partial charge in [-0.1, -0.05) is 12.1 Å². The minimum Gasteiger partial charge on any atom is -0.496 e. The Labute approximate surface area is 137 Å². The van der Waals surface area contributed by atoms with Gasteiger partial charge >= 0.3 is 0 Å². The Kier molecular flexibility index (Phi) is 5.16. The predicted molar refractivity (Wildman–Crippen MR) is 91.2 cm³/mol. The maximum absolute atomic E-state index is 12.1. The number of hydrogen-bond acceptors (Lipinski definition) is 4. The van der Waals surface area contributed by atoms with Crippen molar-refractivity contribution in [2.75, 3.05) is 12.8 Å². The monoisotopic (exact) mass is 361 g/mol. The number of amides is 1. The van der Waals surface area contributed by atoms with E-state index in [1.165, 1.54) is 0 Å². The Morgan fingerprint density at radius 1 is 1.18 bits per heavy atom. The van der Waals surface area contributed by atoms with Crippen molar-refractivity contribution in [1.29, 1.82) is 0 Å². The van der Waals surface area contributed by atoms with Crippen molar-refractivity contribution < 1.29 is 9.53 Å². The van der Waals surface area contributed by atoms with Gasteiger partial charge in [0, 0.05) is 11.3 Å². The van der Waals surface area contributed by atoms with E-state index in [-0.39, 0.29) is 5.91 Å². The first kappa shape index (κ1) is 16.0. The largest absolute Gasteiger partial charge is 0.496 e. The molecule has 0 bridgehead atoms. The summed E-state index contributed by atoms with van der Waals surface area (Å²) >= 11 is 3.35. The van der Waals surface area contributed by atoms with E-state index < -0.39 is 0 Å². The van der Waals surface area contributed by atoms with Crippen LogP contribution in [0.2, 0.25) is 0 Å². The number of rotatable bonds is 4. The van der Waals surface area contributed by atoms with E-state index in [1.807, 2.05) is 19.1 Å². The van der Waals surface area contributed by atoms with Crippen LogP contribution in [0.5, 0.6) is 5.75 Å². The van der Waals surface area contributed by atoms with Crippen molar-refractivity contribution in [3.05, 3.63) is 58.1 Å². The highest BCUT2D eigenvalue weighted by molar-refractivity contribution is 9.10. The van der Waals surface area contributed by atoms with Gasteiger partial charge in [-0.15, -0.1) is 0 Å². The molecular weight excluding hydrogens is 346 g/mol. The molecule has 2 aromatic rings. The summed E-state index contributed by atoms with van der Waals surface area (Å²) in [5.74, 6) is 0.372. The van der Waals surface area contributed by atoms with Gasteiger partial charge < -0.3 is 10.5 Å². The smallest absolute Gasteiger partial charge is 0.271 e. The van der Waals surface area contributed by atoms with Crippen LogP contribution in [0.4, 0.5) is 5.69 Å². The quantitative estimate of drug-likeness (QED) is 0.498. The van der Waals surface area contributed by atoms with Gasteiger partial charge in [-0.2, -0.15) is 5.10 Å². The zero-order valence-corrected chi connectivity index (χ0v) is 13.8. The van der Waals surface area contributed by atoms with Gasteiger partial charge in [0.25, 0.3) is 5.91 Å². The third-order valence-corrected chi connectivity index (χ3v) is 3.69. The van der Waals surface area contributed by atoms with Gasteiger partial charge in [-0.25, -0.2) is 5.43 Å². The SMILES string of the molecule is COc1ccc(C(=O)N/N=C(\C)c2ccc(N)cc2)cc1Br. The first-order chi connectivity index (χ1) is 10.5. The average Bonchev–Trinajstić information content (AvgIpc) is 2.52. The van der Waals surface area contributed by atoms with Crippen molar-refractivity contribution in [1.82, 2.24) is 5.43 Å². The highest BCUT2D eigenvalue weighted by atomic mass is 79.9. The van der Waals surface area contributed by atoms with Crippen molar-refractivity contribution in [3.8, 4) is 5.75 Å². The fourth-order valence-corrected chi connectivity index (χ4v) is 2.34. The number of ether oxygens (including phenoxy) is 1. The van der Waals surface area contributed by atoms with Crippen LogP contribution in [0.3, 0.4) is 0 Å². The van der Waals surface area contributed by atoms with Gasteiger partial charge in [0.2, 0.25) is 0 Å². The van der Waals surface area contributed by atoms with Crippen LogP contribution in [0.15, 0.2) is 52.0 Å². The first-order valence-corrected chi connectivity index (χ1v) is 7.34. The van der Waals surface area contributed by atoms with E-state index in [0.717, 1.165) is 5.56 Å². The molecule has 0 heterocycles. The molecule has 2 rings (SSSR count). The maximum atomic E-state index is 12.1. The summed E-state index contributed by atoms with van der Waals surface area (Å²) in [4.78, 5) is 12.1. The zero-order chi connectivity index (χ0) is 16.1. The molecule has 1 amide bonds. The minimum atomic E-state index is -0.293. The third-order valence-electron chi connectivity index (χ3n) is 3.07. The molecule has 0 aromatic heterocycles. The molecule has 3 N–H and O–H groups in total. The molecule has 0 atom stereocenters. The number of hydrogen-bond donors (Lipinski definition) is 2. The van der Waals surface area contributed by atoms with E-state index >= 15 is 0 Å². The summed E-state index contributed by atoms with van der Waals surface area (Å²) in [6.07, 6.45) is 0. The number of nitrogen functional groups attached to an aromatic ring is 1. The second-order valence-electron chi connectivity index (χ2n) is 4.61. The lowest BCUT2D eigenvalue weighted by atomic mass is 10.1. The second-order valence-corrected chi connectivity index (χ2v) is 5.46. The van der Waals surface area contributed by atoms with Crippen LogP contribution >= 0.6 is 15.9 Å². The third kappa shape index (κ3) is 3.85. The summed E-state index contributed by atoms with van der Waals surface area (Å²) in [6, 6.07) is 12.4. The normalized spacial score (nSPS) is 11.1. The Morgan fingerprint density at radius 3 is 2.41 bits per heavy atom. The molecule has 6 heteroatoms. The number of nitrogens with one attached hydrogen (secondary N) is 1. The first-order valence-electron chi connectivity index (χ1n) is 6.55. The molecule has 0 unspecified atom stereocenters. The average molecular weight is 362 g/mol. The lowest BCUT2D eigenvalue weighted by Crippen LogP contribution is -2.19. The van der Waals surface area contributed by atoms with Crippen molar-refractivity contribution in [2.45, 2.75) is 6.92 Å². The van der Waals surface area contributed by atoms with Gasteiger partial charge in [-0.3, -0.25) is 4.79 Å². The molecule has 0 fully saturated rings. The lowest BCUT2D eigenvalue weighted by Gasteiger charge is -2.06. The summed E-state index contributed by atoms with van der Waals surface area (Å²) < 4.78 is 5.84. The van der Waals surface area contributed by atoms with Crippen LogP contribution in [-0.4, -0.2) is 18.7 Å². The van der Waals surface area contributed by atoms with Crippen LogP contribution in [0.25, 0.3) is 0 Å². The fourth-order valence-electron chi connectivity index (χ4n) is 1.80. The number of halogens is 1. The molecule has 0 radical (unpaired) electrons. The summed E-state index contributed by atoms with van der Waals surface area (Å²) in [7, 11) is 1.57. The van der Waals surface area contributed by atoms with Crippen molar-refractivity contribution in [2.24, 2.45) is 5.10 Å². The van der Waals surface area contributed by atoms with Gasteiger partial charge in [0.15, 0.2) is 0 Å². The van der Waals surface area contributed by atoms with E-state index in [9.17, 15) is 4.79 Å². The Balaban J connectivity index is 2.10. The van der Waals surface area contributed by atoms with E-state index in [2.05, 4.69) is 26.5 Å². The summed E-state index contributed by atoms with van der Waals surface area (Å²) in [5, 5.41) is 4.10. The topological polar surface area (TPSA) is 76.7 Å². The molecule has 0 spiro atoms. The van der Waals surface area contributed by atoms with Crippen LogP contribution in [0, 0.1) is 0 Å². The number of nitrogens with zero attached hydrogens (tertiary/aromatic N) is 1. The van der Waals surface area contributed by atoms with E-state index in [4.69, 9.17) is 10.5 Å². The molecule has 22 heavy (non-hydrogen) atoms. The zero-order valence-electron chi connectivity index (χ0n) is 12.3. The number of hydrazone groups is 1. The van der Waals surface area contributed by atoms with Gasteiger partial charge in [0.05, 0.1) is 17.3 Å². The molecule has 0 aliphatic carbocycles. The van der Waals surface area contributed by atoms with Crippen molar-refractivity contribution in [3.63, 3.8) is 0 Å². The Morgan fingerprint density at radius 2 is 1.82 bits per heavy atom. The number of nitrogens with two attached hydrogens (primary N) is 1. The summed E-state index contributed by atoms with van der Waals surface area (Å²) in [5.41, 5.74) is 10.9. The summed E-state index contributed by atoms with van der Waals surface area (Å²) in [6.45, 7) is 1.82. The lowest BCUT2D eigenvalue weighted by molar-refractivity contribution is 0.0954. The Hall–Kier alpha value is -2.34. The standard InChI is InChI=1S/C16H16BrN3O2/c1-10(11-3-6-13(18)7-4-11)19-20-16(21)12-5-8-15(22-2)14(17)9-12/h3-9H,18H2,1-2H3,(H,20,21)/b19-10+. The molecule has 5 nitrogen and oxygen atoms in total. The maximum Gasteiger partial charge on any atom is 0.271 e. The van der Waals surface area contributed by atoms with Crippen LogP contribution in [-0.2, 0) is 0 Å². The molecule has 2 aromatic carbocycles. The second kappa shape index (κ2) is 7.09. The molecule has 0 aliphatic heterocycles. The molecule has 0 aliphatic rings. The van der Waals surface area contributed by atoms with E-state index in [1.54, 1.807) is 37.4 Å². The van der Waals surface area contributed by atoms with Crippen LogP contribution in [0.1, 0.15) is 22.8 Å². The number of benzene rings is 2. The van der Waals surface area contributed by atoms with Crippen LogP contribution < -0.4 is 15.9 Å². The predicted octanol–water partition coefficient (Wildman–Crippen LogP) is 3.19. The van der Waals surface area contributed by atoms with E-state index in [0.29, 0.717) is 27.2 Å². The molecule has 0 saturated heterocycles. The van der Waals surface area contributed by atoms with Gasteiger partial charge in [-0.05, 0) is 58.7 Å². The molecule has 0 saturated carbocycles. The highest BCUT2D eigenvalue weighted by Gasteiger charge is 2.08.